The van der Waals surface area contributed by atoms with Crippen LogP contribution in [0.4, 0.5) is 13.2 Å². The van der Waals surface area contributed by atoms with E-state index in [0.29, 0.717) is 0 Å². The number of hydrogen-bond donors (Lipinski definition) is 0. The van der Waals surface area contributed by atoms with Gasteiger partial charge in [-0.05, 0) is 60.7 Å². The smallest absolute Gasteiger partial charge is 0.194 e. The van der Waals surface area contributed by atoms with E-state index in [0.717, 1.165) is 28.8 Å². The summed E-state index contributed by atoms with van der Waals surface area (Å²) < 4.78 is 39.0. The molecule has 0 bridgehead atoms. The predicted molar refractivity (Wildman–Crippen MR) is 75.9 cm³/mol. The van der Waals surface area contributed by atoms with Crippen molar-refractivity contribution in [2.45, 2.75) is 20.8 Å². The first-order valence-corrected chi connectivity index (χ1v) is 6.29. The molecule has 0 aliphatic carbocycles. The largest absolute Gasteiger partial charge is 0.204 e. The molecular formula is C17H15F3. The lowest BCUT2D eigenvalue weighted by Crippen LogP contribution is -1.91. The summed E-state index contributed by atoms with van der Waals surface area (Å²) in [4.78, 5) is 0. The third-order valence-electron chi connectivity index (χ3n) is 3.42. The highest BCUT2D eigenvalue weighted by atomic mass is 19.2. The van der Waals surface area contributed by atoms with Crippen LogP contribution in [0.5, 0.6) is 0 Å². The summed E-state index contributed by atoms with van der Waals surface area (Å²) >= 11 is 0. The lowest BCUT2D eigenvalue weighted by molar-refractivity contribution is 0.447. The third kappa shape index (κ3) is 2.93. The van der Waals surface area contributed by atoms with E-state index in [4.69, 9.17) is 0 Å². The Labute approximate surface area is 116 Å². The van der Waals surface area contributed by atoms with E-state index >= 15 is 0 Å². The lowest BCUT2D eigenvalue weighted by Gasteiger charge is -2.06. The molecule has 0 heterocycles. The number of hydrogen-bond acceptors (Lipinski definition) is 0. The van der Waals surface area contributed by atoms with Crippen molar-refractivity contribution in [2.75, 3.05) is 0 Å². The third-order valence-corrected chi connectivity index (χ3v) is 3.42. The number of rotatable bonds is 2. The van der Waals surface area contributed by atoms with E-state index in [1.165, 1.54) is 5.56 Å². The topological polar surface area (TPSA) is 0 Å². The first kappa shape index (κ1) is 14.4. The molecule has 0 nitrogen and oxygen atoms in total. The van der Waals surface area contributed by atoms with Gasteiger partial charge in [0.1, 0.15) is 0 Å². The van der Waals surface area contributed by atoms with Crippen molar-refractivity contribution in [3.05, 3.63) is 69.5 Å². The minimum atomic E-state index is -1.44. The maximum absolute atomic E-state index is 13.1. The summed E-state index contributed by atoms with van der Waals surface area (Å²) in [7, 11) is 0. The van der Waals surface area contributed by atoms with Crippen molar-refractivity contribution in [2.24, 2.45) is 0 Å². The van der Waals surface area contributed by atoms with E-state index in [9.17, 15) is 13.2 Å². The van der Waals surface area contributed by atoms with Crippen LogP contribution < -0.4 is 0 Å². The molecule has 0 saturated carbocycles. The Morgan fingerprint density at radius 2 is 1.10 bits per heavy atom. The summed E-state index contributed by atoms with van der Waals surface area (Å²) in [5.74, 6) is -3.80. The minimum absolute atomic E-state index is 0.289. The zero-order valence-electron chi connectivity index (χ0n) is 11.6. The molecule has 0 fully saturated rings. The van der Waals surface area contributed by atoms with Crippen LogP contribution in [0.15, 0.2) is 24.3 Å². The van der Waals surface area contributed by atoms with Gasteiger partial charge in [-0.3, -0.25) is 0 Å². The van der Waals surface area contributed by atoms with Gasteiger partial charge in [0.25, 0.3) is 0 Å². The fraction of sp³-hybridized carbons (Fsp3) is 0.176. The van der Waals surface area contributed by atoms with Crippen molar-refractivity contribution >= 4 is 12.2 Å². The molecule has 0 unspecified atom stereocenters. The van der Waals surface area contributed by atoms with Gasteiger partial charge in [0.15, 0.2) is 17.5 Å². The Morgan fingerprint density at radius 3 is 1.55 bits per heavy atom. The Balaban J connectivity index is 2.35. The van der Waals surface area contributed by atoms with Crippen LogP contribution >= 0.6 is 0 Å². The first-order chi connectivity index (χ1) is 9.38. The zero-order chi connectivity index (χ0) is 14.9. The average molecular weight is 276 g/mol. The van der Waals surface area contributed by atoms with Gasteiger partial charge in [0.2, 0.25) is 0 Å². The Kier molecular flexibility index (Phi) is 3.98. The highest BCUT2D eigenvalue weighted by molar-refractivity contribution is 5.70. The summed E-state index contributed by atoms with van der Waals surface area (Å²) in [5, 5.41) is 0. The van der Waals surface area contributed by atoms with Crippen molar-refractivity contribution in [3.63, 3.8) is 0 Å². The molecule has 0 atom stereocenters. The second-order valence-electron chi connectivity index (χ2n) is 4.91. The minimum Gasteiger partial charge on any atom is -0.204 e. The Hall–Kier alpha value is -2.03. The summed E-state index contributed by atoms with van der Waals surface area (Å²) in [6, 6.07) is 5.94. The lowest BCUT2D eigenvalue weighted by atomic mass is 10.00. The van der Waals surface area contributed by atoms with Gasteiger partial charge in [0, 0.05) is 0 Å². The predicted octanol–water partition coefficient (Wildman–Crippen LogP) is 5.20. The average Bonchev–Trinajstić information content (AvgIpc) is 2.39. The maximum atomic E-state index is 13.1. The van der Waals surface area contributed by atoms with Crippen LogP contribution in [0.3, 0.4) is 0 Å². The molecule has 0 aliphatic heterocycles. The fourth-order valence-electron chi connectivity index (χ4n) is 2.03. The van der Waals surface area contributed by atoms with Gasteiger partial charge in [-0.25, -0.2) is 13.2 Å². The van der Waals surface area contributed by atoms with Crippen LogP contribution in [0.1, 0.15) is 27.8 Å². The molecular weight excluding hydrogens is 261 g/mol. The molecule has 2 aromatic rings. The van der Waals surface area contributed by atoms with Crippen LogP contribution in [0, 0.1) is 38.2 Å². The van der Waals surface area contributed by atoms with E-state index < -0.39 is 17.5 Å². The molecule has 20 heavy (non-hydrogen) atoms. The summed E-state index contributed by atoms with van der Waals surface area (Å²) in [5.41, 5.74) is 4.76. The van der Waals surface area contributed by atoms with Gasteiger partial charge in [-0.2, -0.15) is 0 Å². The molecule has 0 N–H and O–H groups in total. The van der Waals surface area contributed by atoms with Gasteiger partial charge >= 0.3 is 0 Å². The van der Waals surface area contributed by atoms with Crippen molar-refractivity contribution in [1.29, 1.82) is 0 Å². The van der Waals surface area contributed by atoms with Gasteiger partial charge in [-0.15, -0.1) is 0 Å². The zero-order valence-corrected chi connectivity index (χ0v) is 11.6. The SMILES string of the molecule is Cc1cc(/C=C\c2cc(F)c(F)c(F)c2)cc(C)c1C. The Bertz CT molecular complexity index is 579. The quantitative estimate of drug-likeness (QED) is 0.522. The van der Waals surface area contributed by atoms with Crippen LogP contribution in [-0.4, -0.2) is 0 Å². The summed E-state index contributed by atoms with van der Waals surface area (Å²) in [6.45, 7) is 6.07. The van der Waals surface area contributed by atoms with Gasteiger partial charge < -0.3 is 0 Å². The van der Waals surface area contributed by atoms with E-state index in [2.05, 4.69) is 0 Å². The molecule has 0 spiro atoms. The Morgan fingerprint density at radius 1 is 0.700 bits per heavy atom. The number of aryl methyl sites for hydroxylation is 2. The van der Waals surface area contributed by atoms with Crippen LogP contribution in [-0.2, 0) is 0 Å². The second-order valence-corrected chi connectivity index (χ2v) is 4.91. The van der Waals surface area contributed by atoms with Gasteiger partial charge in [0.05, 0.1) is 0 Å². The van der Waals surface area contributed by atoms with E-state index in [-0.39, 0.29) is 5.56 Å². The molecule has 0 saturated heterocycles. The molecule has 3 heteroatoms. The van der Waals surface area contributed by atoms with E-state index in [1.54, 1.807) is 12.2 Å². The molecule has 104 valence electrons. The monoisotopic (exact) mass is 276 g/mol. The van der Waals surface area contributed by atoms with Crippen molar-refractivity contribution in [3.8, 4) is 0 Å². The van der Waals surface area contributed by atoms with Crippen LogP contribution in [0.2, 0.25) is 0 Å². The first-order valence-electron chi connectivity index (χ1n) is 6.29. The highest BCUT2D eigenvalue weighted by Crippen LogP contribution is 2.19. The molecule has 0 amide bonds. The maximum Gasteiger partial charge on any atom is 0.194 e. The van der Waals surface area contributed by atoms with Gasteiger partial charge in [-0.1, -0.05) is 24.3 Å². The molecule has 0 radical (unpaired) electrons. The molecule has 0 aliphatic rings. The fourth-order valence-corrected chi connectivity index (χ4v) is 2.03. The standard InChI is InChI=1S/C17H15F3/c1-10-6-13(7-11(2)12(10)3)4-5-14-8-15(18)17(20)16(19)9-14/h4-9H,1-3H3/b5-4-. The second kappa shape index (κ2) is 5.53. The molecule has 2 rings (SSSR count). The van der Waals surface area contributed by atoms with Crippen LogP contribution in [0.25, 0.3) is 12.2 Å². The summed E-state index contributed by atoms with van der Waals surface area (Å²) in [6.07, 6.45) is 3.32. The number of benzene rings is 2. The van der Waals surface area contributed by atoms with Crippen molar-refractivity contribution < 1.29 is 13.2 Å². The normalized spacial score (nSPS) is 11.3. The molecule has 0 aromatic heterocycles. The molecule has 2 aromatic carbocycles. The highest BCUT2D eigenvalue weighted by Gasteiger charge is 2.09. The number of halogens is 3. The van der Waals surface area contributed by atoms with E-state index in [1.807, 2.05) is 32.9 Å². The van der Waals surface area contributed by atoms with Crippen molar-refractivity contribution in [1.82, 2.24) is 0 Å².